The van der Waals surface area contributed by atoms with Gasteiger partial charge in [-0.05, 0) is 66.6 Å². The Morgan fingerprint density at radius 1 is 1.06 bits per heavy atom. The number of nitrogens with zero attached hydrogens (tertiary/aromatic N) is 1. The first-order valence-electron chi connectivity index (χ1n) is 11.5. The van der Waals surface area contributed by atoms with Crippen LogP contribution in [0.3, 0.4) is 0 Å². The van der Waals surface area contributed by atoms with Crippen molar-refractivity contribution < 1.29 is 23.1 Å². The Bertz CT molecular complexity index is 1530. The van der Waals surface area contributed by atoms with Crippen LogP contribution in [0, 0.1) is 5.82 Å². The zero-order valence-corrected chi connectivity index (χ0v) is 20.0. The molecule has 1 aromatic heterocycles. The molecule has 0 aliphatic carbocycles. The lowest BCUT2D eigenvalue weighted by Crippen LogP contribution is -2.29. The number of unbranched alkanes of at least 4 members (excludes halogenated alkanes) is 1. The first-order chi connectivity index (χ1) is 17.4. The third-order valence-corrected chi connectivity index (χ3v) is 6.37. The molecule has 0 saturated heterocycles. The standard InChI is InChI=1S/C28H21ClFNO5/c1-2-3-14-35-28(34)17-6-11-20(12-7-17)31-24(16-4-9-19(30)10-5-16)23-25(32)21-15-18(29)8-13-22(21)36-26(23)27(31)33/h4-13,15,24H,2-3,14H2,1H3. The highest BCUT2D eigenvalue weighted by Crippen LogP contribution is 2.41. The molecule has 0 bridgehead atoms. The molecule has 5 rings (SSSR count). The molecule has 36 heavy (non-hydrogen) atoms. The topological polar surface area (TPSA) is 76.8 Å². The van der Waals surface area contributed by atoms with E-state index >= 15 is 0 Å². The highest BCUT2D eigenvalue weighted by Gasteiger charge is 2.43. The van der Waals surface area contributed by atoms with Crippen LogP contribution in [0.2, 0.25) is 5.02 Å². The number of amides is 1. The van der Waals surface area contributed by atoms with Gasteiger partial charge in [0, 0.05) is 10.7 Å². The molecular formula is C28H21ClFNO5. The molecule has 0 N–H and O–H groups in total. The molecule has 1 amide bonds. The van der Waals surface area contributed by atoms with E-state index in [-0.39, 0.29) is 22.3 Å². The first kappa shape index (κ1) is 23.8. The molecule has 0 fully saturated rings. The van der Waals surface area contributed by atoms with Crippen LogP contribution in [0.25, 0.3) is 11.0 Å². The monoisotopic (exact) mass is 505 g/mol. The normalized spacial score (nSPS) is 14.8. The number of anilines is 1. The third kappa shape index (κ3) is 4.16. The number of hydrogen-bond acceptors (Lipinski definition) is 5. The lowest BCUT2D eigenvalue weighted by molar-refractivity contribution is 0.0499. The van der Waals surface area contributed by atoms with Crippen LogP contribution in [-0.2, 0) is 4.74 Å². The van der Waals surface area contributed by atoms with Gasteiger partial charge in [0.1, 0.15) is 11.4 Å². The second-order valence-corrected chi connectivity index (χ2v) is 8.92. The second kappa shape index (κ2) is 9.59. The summed E-state index contributed by atoms with van der Waals surface area (Å²) in [7, 11) is 0. The highest BCUT2D eigenvalue weighted by atomic mass is 35.5. The maximum atomic E-state index is 13.7. The SMILES string of the molecule is CCCCOC(=O)c1ccc(N2C(=O)c3oc4ccc(Cl)cc4c(=O)c3C2c2ccc(F)cc2)cc1. The van der Waals surface area contributed by atoms with Crippen LogP contribution < -0.4 is 10.3 Å². The molecule has 2 heterocycles. The van der Waals surface area contributed by atoms with Crippen LogP contribution >= 0.6 is 11.6 Å². The maximum Gasteiger partial charge on any atom is 0.338 e. The summed E-state index contributed by atoms with van der Waals surface area (Å²) >= 11 is 6.11. The van der Waals surface area contributed by atoms with Gasteiger partial charge >= 0.3 is 5.97 Å². The molecule has 3 aromatic carbocycles. The average Bonchev–Trinajstić information content (AvgIpc) is 3.17. The number of rotatable bonds is 6. The largest absolute Gasteiger partial charge is 0.462 e. The molecule has 0 saturated carbocycles. The quantitative estimate of drug-likeness (QED) is 0.227. The van der Waals surface area contributed by atoms with E-state index in [4.69, 9.17) is 20.8 Å². The molecule has 4 aromatic rings. The van der Waals surface area contributed by atoms with E-state index in [1.807, 2.05) is 6.92 Å². The smallest absolute Gasteiger partial charge is 0.338 e. The third-order valence-electron chi connectivity index (χ3n) is 6.13. The van der Waals surface area contributed by atoms with Crippen LogP contribution in [0.4, 0.5) is 10.1 Å². The van der Waals surface area contributed by atoms with Crippen molar-refractivity contribution in [3.8, 4) is 0 Å². The molecule has 1 aliphatic rings. The second-order valence-electron chi connectivity index (χ2n) is 8.48. The fourth-order valence-corrected chi connectivity index (χ4v) is 4.49. The van der Waals surface area contributed by atoms with Gasteiger partial charge in [-0.2, -0.15) is 0 Å². The van der Waals surface area contributed by atoms with Gasteiger partial charge in [0.2, 0.25) is 5.76 Å². The summed E-state index contributed by atoms with van der Waals surface area (Å²) in [5.74, 6) is -1.52. The number of benzene rings is 3. The Morgan fingerprint density at radius 2 is 1.78 bits per heavy atom. The fourth-order valence-electron chi connectivity index (χ4n) is 4.32. The van der Waals surface area contributed by atoms with Gasteiger partial charge in [0.15, 0.2) is 5.43 Å². The van der Waals surface area contributed by atoms with Crippen molar-refractivity contribution in [3.05, 3.63) is 110 Å². The number of ether oxygens (including phenoxy) is 1. The van der Waals surface area contributed by atoms with Crippen LogP contribution in [-0.4, -0.2) is 18.5 Å². The maximum absolute atomic E-state index is 13.7. The number of fused-ring (bicyclic) bond motifs is 2. The Labute approximate surface area is 210 Å². The van der Waals surface area contributed by atoms with Crippen molar-refractivity contribution in [1.29, 1.82) is 0 Å². The summed E-state index contributed by atoms with van der Waals surface area (Å²) in [5.41, 5.74) is 1.29. The summed E-state index contributed by atoms with van der Waals surface area (Å²) in [5, 5.41) is 0.601. The molecule has 1 aliphatic heterocycles. The molecule has 182 valence electrons. The van der Waals surface area contributed by atoms with Crippen molar-refractivity contribution in [2.24, 2.45) is 0 Å². The minimum Gasteiger partial charge on any atom is -0.462 e. The highest BCUT2D eigenvalue weighted by molar-refractivity contribution is 6.31. The Hall–Kier alpha value is -3.97. The van der Waals surface area contributed by atoms with E-state index < -0.39 is 29.2 Å². The number of esters is 1. The van der Waals surface area contributed by atoms with Gasteiger partial charge in [-0.3, -0.25) is 14.5 Å². The Kier molecular flexibility index (Phi) is 6.33. The number of halogens is 2. The van der Waals surface area contributed by atoms with Crippen LogP contribution in [0.5, 0.6) is 0 Å². The summed E-state index contributed by atoms with van der Waals surface area (Å²) in [6, 6.07) is 15.7. The number of carbonyl (C=O) groups is 2. The summed E-state index contributed by atoms with van der Waals surface area (Å²) in [6.07, 6.45) is 1.67. The fraction of sp³-hybridized carbons (Fsp3) is 0.179. The molecule has 0 radical (unpaired) electrons. The zero-order chi connectivity index (χ0) is 25.4. The van der Waals surface area contributed by atoms with E-state index in [0.29, 0.717) is 28.4 Å². The van der Waals surface area contributed by atoms with E-state index in [2.05, 4.69) is 0 Å². The van der Waals surface area contributed by atoms with Gasteiger partial charge < -0.3 is 9.15 Å². The average molecular weight is 506 g/mol. The van der Waals surface area contributed by atoms with Crippen molar-refractivity contribution in [1.82, 2.24) is 0 Å². The van der Waals surface area contributed by atoms with E-state index in [1.165, 1.54) is 35.2 Å². The Morgan fingerprint density at radius 3 is 2.47 bits per heavy atom. The lowest BCUT2D eigenvalue weighted by Gasteiger charge is -2.25. The molecule has 6 nitrogen and oxygen atoms in total. The molecular weight excluding hydrogens is 485 g/mol. The predicted molar refractivity (Wildman–Crippen MR) is 134 cm³/mol. The van der Waals surface area contributed by atoms with Gasteiger partial charge in [0.25, 0.3) is 5.91 Å². The van der Waals surface area contributed by atoms with Gasteiger partial charge in [-0.1, -0.05) is 37.1 Å². The predicted octanol–water partition coefficient (Wildman–Crippen LogP) is 6.29. The Balaban J connectivity index is 1.62. The first-order valence-corrected chi connectivity index (χ1v) is 11.9. The number of hydrogen-bond donors (Lipinski definition) is 0. The van der Waals surface area contributed by atoms with Crippen molar-refractivity contribution in [3.63, 3.8) is 0 Å². The summed E-state index contributed by atoms with van der Waals surface area (Å²) in [6.45, 7) is 2.33. The van der Waals surface area contributed by atoms with E-state index in [1.54, 1.807) is 36.4 Å². The minimum atomic E-state index is -0.866. The van der Waals surface area contributed by atoms with Gasteiger partial charge in [0.05, 0.1) is 29.2 Å². The molecule has 8 heteroatoms. The van der Waals surface area contributed by atoms with Gasteiger partial charge in [-0.15, -0.1) is 0 Å². The molecule has 0 spiro atoms. The van der Waals surface area contributed by atoms with Crippen LogP contribution in [0.1, 0.15) is 57.8 Å². The molecule has 1 atom stereocenters. The van der Waals surface area contributed by atoms with E-state index in [9.17, 15) is 18.8 Å². The summed E-state index contributed by atoms with van der Waals surface area (Å²) in [4.78, 5) is 40.9. The number of carbonyl (C=O) groups excluding carboxylic acids is 2. The van der Waals surface area contributed by atoms with E-state index in [0.717, 1.165) is 12.8 Å². The lowest BCUT2D eigenvalue weighted by atomic mass is 9.98. The van der Waals surface area contributed by atoms with Crippen molar-refractivity contribution in [2.45, 2.75) is 25.8 Å². The van der Waals surface area contributed by atoms with Gasteiger partial charge in [-0.25, -0.2) is 9.18 Å². The zero-order valence-electron chi connectivity index (χ0n) is 19.3. The molecule has 1 unspecified atom stereocenters. The minimum absolute atomic E-state index is 0.0906. The van der Waals surface area contributed by atoms with Crippen LogP contribution in [0.15, 0.2) is 75.9 Å². The van der Waals surface area contributed by atoms with Crippen molar-refractivity contribution >= 4 is 40.1 Å². The summed E-state index contributed by atoms with van der Waals surface area (Å²) < 4.78 is 24.9. The van der Waals surface area contributed by atoms with Crippen molar-refractivity contribution in [2.75, 3.05) is 11.5 Å².